The number of rotatable bonds is 5. The Kier molecular flexibility index (Phi) is 8.47. The Morgan fingerprint density at radius 1 is 1.30 bits per heavy atom. The molecule has 0 radical (unpaired) electrons. The molecule has 1 amide bonds. The Bertz CT molecular complexity index is 435. The van der Waals surface area contributed by atoms with E-state index in [-0.39, 0.29) is 36.8 Å². The number of nitrogens with one attached hydrogen (secondary N) is 1. The van der Waals surface area contributed by atoms with E-state index in [0.717, 1.165) is 0 Å². The van der Waals surface area contributed by atoms with Crippen LogP contribution in [0.4, 0.5) is 0 Å². The molecule has 0 bridgehead atoms. The average molecular weight is 342 g/mol. The van der Waals surface area contributed by atoms with Gasteiger partial charge in [0, 0.05) is 28.5 Å². The summed E-state index contributed by atoms with van der Waals surface area (Å²) in [6.07, 6.45) is -0.861. The highest BCUT2D eigenvalue weighted by Crippen LogP contribution is 2.23. The predicted molar refractivity (Wildman–Crippen MR) is 84.5 cm³/mol. The van der Waals surface area contributed by atoms with Crippen LogP contribution in [0.15, 0.2) is 18.2 Å². The average Bonchev–Trinajstić information content (AvgIpc) is 2.33. The van der Waals surface area contributed by atoms with Crippen molar-refractivity contribution in [3.05, 3.63) is 33.8 Å². The molecular weight excluding hydrogens is 323 g/mol. The highest BCUT2D eigenvalue weighted by Gasteiger charge is 2.18. The smallest absolute Gasteiger partial charge is 0.224 e. The zero-order valence-electron chi connectivity index (χ0n) is 11.3. The second kappa shape index (κ2) is 8.70. The van der Waals surface area contributed by atoms with Crippen molar-refractivity contribution in [1.29, 1.82) is 0 Å². The normalized spacial score (nSPS) is 14.9. The van der Waals surface area contributed by atoms with E-state index in [1.165, 1.54) is 0 Å². The van der Waals surface area contributed by atoms with Crippen LogP contribution in [-0.2, 0) is 4.79 Å². The molecule has 0 saturated carbocycles. The molecule has 1 aromatic rings. The highest BCUT2D eigenvalue weighted by molar-refractivity contribution is 6.34. The highest BCUT2D eigenvalue weighted by atomic mass is 35.5. The summed E-state index contributed by atoms with van der Waals surface area (Å²) in [5, 5.41) is 13.5. The number of halogens is 3. The lowest BCUT2D eigenvalue weighted by Gasteiger charge is -2.18. The van der Waals surface area contributed by atoms with Gasteiger partial charge in [-0.25, -0.2) is 0 Å². The molecule has 3 unspecified atom stereocenters. The van der Waals surface area contributed by atoms with Gasteiger partial charge in [-0.15, -0.1) is 12.4 Å². The number of benzene rings is 1. The maximum atomic E-state index is 11.7. The molecule has 0 spiro atoms. The number of amides is 1. The first-order chi connectivity index (χ1) is 8.81. The fourth-order valence-electron chi connectivity index (χ4n) is 1.48. The van der Waals surface area contributed by atoms with Crippen molar-refractivity contribution in [2.24, 2.45) is 11.7 Å². The molecule has 7 heteroatoms. The molecule has 1 aromatic carbocycles. The monoisotopic (exact) mass is 340 g/mol. The Hall–Kier alpha value is -0.520. The number of hydrogen-bond acceptors (Lipinski definition) is 3. The number of carbonyl (C=O) groups is 1. The van der Waals surface area contributed by atoms with Crippen molar-refractivity contribution in [3.8, 4) is 0 Å². The minimum absolute atomic E-state index is 0. The first kappa shape index (κ1) is 19.5. The molecule has 0 saturated heterocycles. The molecule has 0 fully saturated rings. The third kappa shape index (κ3) is 5.85. The van der Waals surface area contributed by atoms with Crippen molar-refractivity contribution < 1.29 is 9.90 Å². The third-order valence-electron chi connectivity index (χ3n) is 2.94. The van der Waals surface area contributed by atoms with Gasteiger partial charge in [-0.2, -0.15) is 0 Å². The van der Waals surface area contributed by atoms with Crippen LogP contribution in [0.2, 0.25) is 10.0 Å². The van der Waals surface area contributed by atoms with Crippen LogP contribution < -0.4 is 11.1 Å². The number of aliphatic hydroxyl groups excluding tert-OH is 1. The minimum atomic E-state index is -0.861. The van der Waals surface area contributed by atoms with Gasteiger partial charge in [0.1, 0.15) is 0 Å². The van der Waals surface area contributed by atoms with E-state index in [2.05, 4.69) is 5.32 Å². The van der Waals surface area contributed by atoms with E-state index in [9.17, 15) is 9.90 Å². The van der Waals surface area contributed by atoms with E-state index < -0.39 is 6.10 Å². The molecule has 0 aliphatic heterocycles. The lowest BCUT2D eigenvalue weighted by molar-refractivity contribution is -0.125. The predicted octanol–water partition coefficient (Wildman–Crippen LogP) is 2.55. The zero-order valence-corrected chi connectivity index (χ0v) is 13.6. The van der Waals surface area contributed by atoms with Gasteiger partial charge in [0.2, 0.25) is 5.91 Å². The Morgan fingerprint density at radius 2 is 1.80 bits per heavy atom. The van der Waals surface area contributed by atoms with Crippen LogP contribution in [0.25, 0.3) is 0 Å². The van der Waals surface area contributed by atoms with Crippen LogP contribution >= 0.6 is 35.6 Å². The molecule has 20 heavy (non-hydrogen) atoms. The summed E-state index contributed by atoms with van der Waals surface area (Å²) in [7, 11) is 0. The van der Waals surface area contributed by atoms with Crippen LogP contribution in [-0.4, -0.2) is 23.6 Å². The quantitative estimate of drug-likeness (QED) is 0.770. The summed E-state index contributed by atoms with van der Waals surface area (Å²) in [6, 6.07) is 4.56. The number of hydrogen-bond donors (Lipinski definition) is 3. The maximum Gasteiger partial charge on any atom is 0.224 e. The second-order valence-corrected chi connectivity index (χ2v) is 5.48. The molecule has 0 aliphatic rings. The molecule has 0 aromatic heterocycles. The fraction of sp³-hybridized carbons (Fsp3) is 0.462. The molecular formula is C13H19Cl3N2O2. The van der Waals surface area contributed by atoms with E-state index in [1.54, 1.807) is 32.0 Å². The molecule has 3 atom stereocenters. The van der Waals surface area contributed by atoms with Crippen LogP contribution in [0.3, 0.4) is 0 Å². The van der Waals surface area contributed by atoms with Crippen molar-refractivity contribution in [2.75, 3.05) is 6.54 Å². The molecule has 0 heterocycles. The summed E-state index contributed by atoms with van der Waals surface area (Å²) < 4.78 is 0. The molecule has 4 nitrogen and oxygen atoms in total. The van der Waals surface area contributed by atoms with Gasteiger partial charge in [-0.05, 0) is 30.7 Å². The van der Waals surface area contributed by atoms with Crippen LogP contribution in [0, 0.1) is 5.92 Å². The van der Waals surface area contributed by atoms with Crippen molar-refractivity contribution in [1.82, 2.24) is 5.32 Å². The SMILES string of the molecule is CC(N)C(C)C(=O)NCC(O)c1cc(Cl)cc(Cl)c1.Cl. The maximum absolute atomic E-state index is 11.7. The number of carbonyl (C=O) groups excluding carboxylic acids is 1. The van der Waals surface area contributed by atoms with Gasteiger partial charge in [0.05, 0.1) is 6.10 Å². The zero-order chi connectivity index (χ0) is 14.6. The number of aliphatic hydroxyl groups is 1. The van der Waals surface area contributed by atoms with E-state index >= 15 is 0 Å². The van der Waals surface area contributed by atoms with Gasteiger partial charge in [0.15, 0.2) is 0 Å². The van der Waals surface area contributed by atoms with Crippen LogP contribution in [0.5, 0.6) is 0 Å². The lowest BCUT2D eigenvalue weighted by atomic mass is 10.0. The summed E-state index contributed by atoms with van der Waals surface area (Å²) in [6.45, 7) is 3.59. The Labute approximate surface area is 135 Å². The Morgan fingerprint density at radius 3 is 2.25 bits per heavy atom. The van der Waals surface area contributed by atoms with E-state index in [4.69, 9.17) is 28.9 Å². The lowest BCUT2D eigenvalue weighted by Crippen LogP contribution is -2.40. The van der Waals surface area contributed by atoms with Gasteiger partial charge in [-0.1, -0.05) is 30.1 Å². The first-order valence-electron chi connectivity index (χ1n) is 5.98. The topological polar surface area (TPSA) is 75.4 Å². The molecule has 114 valence electrons. The largest absolute Gasteiger partial charge is 0.387 e. The third-order valence-corrected chi connectivity index (χ3v) is 3.38. The summed E-state index contributed by atoms with van der Waals surface area (Å²) in [5.41, 5.74) is 6.20. The van der Waals surface area contributed by atoms with Gasteiger partial charge in [-0.3, -0.25) is 4.79 Å². The molecule has 4 N–H and O–H groups in total. The summed E-state index contributed by atoms with van der Waals surface area (Å²) >= 11 is 11.7. The van der Waals surface area contributed by atoms with Crippen molar-refractivity contribution >= 4 is 41.5 Å². The standard InChI is InChI=1S/C13H18Cl2N2O2.ClH/c1-7(8(2)16)13(19)17-6-12(18)9-3-10(14)5-11(15)4-9;/h3-5,7-8,12,18H,6,16H2,1-2H3,(H,17,19);1H. The molecule has 0 aliphatic carbocycles. The van der Waals surface area contributed by atoms with Gasteiger partial charge in [0.25, 0.3) is 0 Å². The first-order valence-corrected chi connectivity index (χ1v) is 6.74. The van der Waals surface area contributed by atoms with E-state index in [1.807, 2.05) is 0 Å². The second-order valence-electron chi connectivity index (χ2n) is 4.61. The Balaban J connectivity index is 0.00000361. The van der Waals surface area contributed by atoms with Gasteiger partial charge < -0.3 is 16.2 Å². The fourth-order valence-corrected chi connectivity index (χ4v) is 2.03. The van der Waals surface area contributed by atoms with E-state index in [0.29, 0.717) is 15.6 Å². The number of nitrogens with two attached hydrogens (primary N) is 1. The summed E-state index contributed by atoms with van der Waals surface area (Å²) in [4.78, 5) is 11.7. The molecule has 1 rings (SSSR count). The van der Waals surface area contributed by atoms with Gasteiger partial charge >= 0.3 is 0 Å². The van der Waals surface area contributed by atoms with Crippen LogP contribution in [0.1, 0.15) is 25.5 Å². The minimum Gasteiger partial charge on any atom is -0.387 e. The van der Waals surface area contributed by atoms with Crippen molar-refractivity contribution in [3.63, 3.8) is 0 Å². The summed E-state index contributed by atoms with van der Waals surface area (Å²) in [5.74, 6) is -0.502. The van der Waals surface area contributed by atoms with Crippen molar-refractivity contribution in [2.45, 2.75) is 26.0 Å².